The Balaban J connectivity index is 4.69. The maximum atomic E-state index is 11.6. The monoisotopic (exact) mass is 361 g/mol. The Morgan fingerprint density at radius 2 is 1.36 bits per heavy atom. The van der Waals surface area contributed by atoms with Crippen LogP contribution in [0.25, 0.3) is 0 Å². The molecule has 0 spiro atoms. The number of carboxylic acids is 3. The van der Waals surface area contributed by atoms with Gasteiger partial charge < -0.3 is 37.4 Å². The predicted molar refractivity (Wildman–Crippen MR) is 81.3 cm³/mol. The molecule has 0 aliphatic carbocycles. The molecule has 2 amide bonds. The number of hydrogen-bond acceptors (Lipinski definition) is 6. The van der Waals surface area contributed by atoms with Crippen molar-refractivity contribution in [1.82, 2.24) is 10.6 Å². The summed E-state index contributed by atoms with van der Waals surface area (Å²) in [6.07, 6.45) is -0.856. The van der Waals surface area contributed by atoms with E-state index in [1.807, 2.05) is 5.32 Å². The smallest absolute Gasteiger partial charge is 0.326 e. The summed E-state index contributed by atoms with van der Waals surface area (Å²) in [7, 11) is 0. The van der Waals surface area contributed by atoms with E-state index in [1.54, 1.807) is 5.32 Å². The van der Waals surface area contributed by atoms with Gasteiger partial charge in [0.1, 0.15) is 12.1 Å². The van der Waals surface area contributed by atoms with E-state index in [1.165, 1.54) is 0 Å². The van der Waals surface area contributed by atoms with Crippen LogP contribution in [0.15, 0.2) is 4.99 Å². The summed E-state index contributed by atoms with van der Waals surface area (Å²) in [5, 5.41) is 29.9. The zero-order valence-corrected chi connectivity index (χ0v) is 13.0. The lowest BCUT2D eigenvalue weighted by Crippen LogP contribution is -2.52. The van der Waals surface area contributed by atoms with Gasteiger partial charge in [-0.05, 0) is 12.8 Å². The molecule has 0 aromatic heterocycles. The van der Waals surface area contributed by atoms with Crippen LogP contribution in [0, 0.1) is 0 Å². The Bertz CT molecular complexity index is 572. The second-order valence-corrected chi connectivity index (χ2v) is 4.78. The topological polar surface area (TPSA) is 234 Å². The van der Waals surface area contributed by atoms with E-state index in [-0.39, 0.29) is 25.3 Å². The molecule has 0 aromatic carbocycles. The molecule has 0 heterocycles. The Labute approximate surface area is 141 Å². The number of nitrogens with two attached hydrogens (primary N) is 2. The van der Waals surface area contributed by atoms with E-state index in [4.69, 9.17) is 26.8 Å². The molecular weight excluding hydrogens is 342 g/mol. The number of nitrogens with zero attached hydrogens (tertiary/aromatic N) is 1. The lowest BCUT2D eigenvalue weighted by molar-refractivity contribution is -0.149. The normalized spacial score (nSPS) is 12.3. The summed E-state index contributed by atoms with van der Waals surface area (Å²) in [6.45, 7) is 0.105. The Kier molecular flexibility index (Phi) is 9.00. The maximum absolute atomic E-state index is 11.6. The number of nitrogens with one attached hydrogen (secondary N) is 2. The van der Waals surface area contributed by atoms with E-state index in [9.17, 15) is 24.0 Å². The molecule has 25 heavy (non-hydrogen) atoms. The number of rotatable bonds is 10. The number of aliphatic carboxylic acids is 3. The first-order valence-electron chi connectivity index (χ1n) is 6.88. The first kappa shape index (κ1) is 21.6. The van der Waals surface area contributed by atoms with E-state index in [0.717, 1.165) is 0 Å². The van der Waals surface area contributed by atoms with Crippen LogP contribution in [0.3, 0.4) is 0 Å². The fourth-order valence-corrected chi connectivity index (χ4v) is 1.58. The van der Waals surface area contributed by atoms with Crippen LogP contribution in [-0.4, -0.2) is 69.6 Å². The molecule has 0 fully saturated rings. The molecule has 140 valence electrons. The van der Waals surface area contributed by atoms with E-state index in [2.05, 4.69) is 4.99 Å². The van der Waals surface area contributed by atoms with E-state index >= 15 is 0 Å². The number of amides is 2. The van der Waals surface area contributed by atoms with Crippen LogP contribution in [0.5, 0.6) is 0 Å². The summed E-state index contributed by atoms with van der Waals surface area (Å²) < 4.78 is 0. The molecule has 0 aromatic rings. The van der Waals surface area contributed by atoms with Crippen molar-refractivity contribution in [2.75, 3.05) is 6.54 Å². The van der Waals surface area contributed by atoms with E-state index in [0.29, 0.717) is 0 Å². The molecule has 0 saturated heterocycles. The Hall–Kier alpha value is -3.38. The van der Waals surface area contributed by atoms with Gasteiger partial charge in [-0.15, -0.1) is 0 Å². The average Bonchev–Trinajstić information content (AvgIpc) is 2.48. The van der Waals surface area contributed by atoms with Gasteiger partial charge in [-0.3, -0.25) is 19.4 Å². The summed E-state index contributed by atoms with van der Waals surface area (Å²) >= 11 is 0. The lowest BCUT2D eigenvalue weighted by Gasteiger charge is -2.15. The van der Waals surface area contributed by atoms with Gasteiger partial charge in [-0.2, -0.15) is 0 Å². The van der Waals surface area contributed by atoms with Crippen molar-refractivity contribution < 1.29 is 39.3 Å². The van der Waals surface area contributed by atoms with E-state index < -0.39 is 48.2 Å². The number of carbonyl (C=O) groups is 5. The molecule has 2 unspecified atom stereocenters. The molecule has 0 aliphatic rings. The minimum atomic E-state index is -1.83. The van der Waals surface area contributed by atoms with Gasteiger partial charge in [-0.25, -0.2) is 9.59 Å². The van der Waals surface area contributed by atoms with Crippen molar-refractivity contribution in [3.8, 4) is 0 Å². The van der Waals surface area contributed by atoms with Crippen molar-refractivity contribution in [2.45, 2.75) is 31.3 Å². The van der Waals surface area contributed by atoms with Crippen molar-refractivity contribution in [3.63, 3.8) is 0 Å². The van der Waals surface area contributed by atoms with Crippen molar-refractivity contribution in [1.29, 1.82) is 0 Å². The molecule has 0 bridgehead atoms. The number of guanidine groups is 1. The molecule has 2 atom stereocenters. The first-order chi connectivity index (χ1) is 11.5. The third kappa shape index (κ3) is 9.37. The van der Waals surface area contributed by atoms with Gasteiger partial charge in [0.2, 0.25) is 0 Å². The Morgan fingerprint density at radius 1 is 0.880 bits per heavy atom. The van der Waals surface area contributed by atoms with Crippen molar-refractivity contribution >= 4 is 35.7 Å². The van der Waals surface area contributed by atoms with Crippen LogP contribution in [0.2, 0.25) is 0 Å². The summed E-state index contributed by atoms with van der Waals surface area (Å²) in [4.78, 5) is 59.2. The highest BCUT2D eigenvalue weighted by atomic mass is 16.4. The third-order valence-corrected chi connectivity index (χ3v) is 2.74. The zero-order chi connectivity index (χ0) is 19.6. The molecular formula is C12H19N5O8. The highest BCUT2D eigenvalue weighted by Crippen LogP contribution is 1.99. The number of aliphatic imine (C=N–C) groups is 1. The van der Waals surface area contributed by atoms with Crippen LogP contribution >= 0.6 is 0 Å². The molecule has 9 N–H and O–H groups in total. The highest BCUT2D eigenvalue weighted by Gasteiger charge is 2.28. The summed E-state index contributed by atoms with van der Waals surface area (Å²) in [5.41, 5.74) is 10.2. The third-order valence-electron chi connectivity index (χ3n) is 2.74. The first-order valence-corrected chi connectivity index (χ1v) is 6.88. The van der Waals surface area contributed by atoms with Crippen molar-refractivity contribution in [3.05, 3.63) is 0 Å². The molecule has 13 nitrogen and oxygen atoms in total. The van der Waals surface area contributed by atoms with Crippen LogP contribution in [0.4, 0.5) is 0 Å². The molecule has 0 rings (SSSR count). The van der Waals surface area contributed by atoms with Gasteiger partial charge in [0.05, 0.1) is 6.42 Å². The standard InChI is InChI=1S/C12H19N5O8/c13-12(14)15-3-1-2-5(10(22)23)16-8(20)9(21)17-6(11(24)25)4-7(18)19/h5-6H,1-4H2,(H,16,20)(H,17,21)(H,18,19)(H,22,23)(H,24,25)(H4,13,14,15). The maximum Gasteiger partial charge on any atom is 0.326 e. The van der Waals surface area contributed by atoms with Crippen LogP contribution < -0.4 is 22.1 Å². The summed E-state index contributed by atoms with van der Waals surface area (Å²) in [5.74, 6) is -7.65. The minimum absolute atomic E-state index is 0.0946. The van der Waals surface area contributed by atoms with Crippen LogP contribution in [0.1, 0.15) is 19.3 Å². The second kappa shape index (κ2) is 10.4. The van der Waals surface area contributed by atoms with Gasteiger partial charge in [-0.1, -0.05) is 0 Å². The quantitative estimate of drug-likeness (QED) is 0.0883. The second-order valence-electron chi connectivity index (χ2n) is 4.78. The fraction of sp³-hybridized carbons (Fsp3) is 0.500. The SMILES string of the molecule is NC(N)=NCCCC(NC(=O)C(=O)NC(CC(=O)O)C(=O)O)C(=O)O. The van der Waals surface area contributed by atoms with Gasteiger partial charge in [0.15, 0.2) is 5.96 Å². The molecule has 0 radical (unpaired) electrons. The number of hydrogen-bond donors (Lipinski definition) is 7. The van der Waals surface area contributed by atoms with Gasteiger partial charge >= 0.3 is 29.7 Å². The van der Waals surface area contributed by atoms with Crippen LogP contribution in [-0.2, 0) is 24.0 Å². The summed E-state index contributed by atoms with van der Waals surface area (Å²) in [6, 6.07) is -3.27. The largest absolute Gasteiger partial charge is 0.481 e. The zero-order valence-electron chi connectivity index (χ0n) is 13.0. The average molecular weight is 361 g/mol. The fourth-order valence-electron chi connectivity index (χ4n) is 1.58. The number of carbonyl (C=O) groups excluding carboxylic acids is 2. The Morgan fingerprint density at radius 3 is 1.76 bits per heavy atom. The highest BCUT2D eigenvalue weighted by molar-refractivity contribution is 6.35. The minimum Gasteiger partial charge on any atom is -0.481 e. The molecule has 13 heteroatoms. The van der Waals surface area contributed by atoms with Gasteiger partial charge in [0, 0.05) is 6.54 Å². The number of carboxylic acid groups (broad SMARTS) is 3. The lowest BCUT2D eigenvalue weighted by atomic mass is 10.1. The van der Waals surface area contributed by atoms with Crippen molar-refractivity contribution in [2.24, 2.45) is 16.5 Å². The predicted octanol–water partition coefficient (Wildman–Crippen LogP) is -3.35. The van der Waals surface area contributed by atoms with Gasteiger partial charge in [0.25, 0.3) is 0 Å². The molecule has 0 saturated carbocycles. The molecule has 0 aliphatic heterocycles.